The van der Waals surface area contributed by atoms with Gasteiger partial charge in [-0.15, -0.1) is 0 Å². The fourth-order valence-electron chi connectivity index (χ4n) is 1.80. The summed E-state index contributed by atoms with van der Waals surface area (Å²) in [4.78, 5) is 4.56. The van der Waals surface area contributed by atoms with Crippen molar-refractivity contribution >= 4 is 11.6 Å². The minimum absolute atomic E-state index is 0.619. The van der Waals surface area contributed by atoms with Crippen LogP contribution in [0, 0.1) is 11.3 Å². The maximum atomic E-state index is 8.82. The van der Waals surface area contributed by atoms with E-state index in [-0.39, 0.29) is 0 Å². The highest BCUT2D eigenvalue weighted by molar-refractivity contribution is 5.95. The molecular weight excluding hydrogens is 260 g/mol. The molecule has 21 heavy (non-hydrogen) atoms. The van der Waals surface area contributed by atoms with Crippen molar-refractivity contribution in [1.29, 1.82) is 5.26 Å². The minimum atomic E-state index is 0.619. The maximum Gasteiger partial charge on any atom is 0.221 e. The van der Waals surface area contributed by atoms with E-state index in [1.54, 1.807) is 12.1 Å². The number of nitrogens with zero attached hydrogens (tertiary/aromatic N) is 2. The Kier molecular flexibility index (Phi) is 5.54. The van der Waals surface area contributed by atoms with E-state index in [1.807, 2.05) is 42.5 Å². The Balaban J connectivity index is 2.25. The summed E-state index contributed by atoms with van der Waals surface area (Å²) < 4.78 is 5.81. The quantitative estimate of drug-likeness (QED) is 0.460. The smallest absolute Gasteiger partial charge is 0.221 e. The van der Waals surface area contributed by atoms with E-state index in [0.717, 1.165) is 24.1 Å². The Bertz CT molecular complexity index is 625. The van der Waals surface area contributed by atoms with Gasteiger partial charge < -0.3 is 4.74 Å². The molecule has 2 aromatic rings. The van der Waals surface area contributed by atoms with Gasteiger partial charge in [0.15, 0.2) is 0 Å². The fraction of sp³-hybridized carbons (Fsp3) is 0.222. The molecule has 0 aliphatic carbocycles. The molecule has 3 nitrogen and oxygen atoms in total. The minimum Gasteiger partial charge on any atom is -0.477 e. The molecule has 2 rings (SSSR count). The van der Waals surface area contributed by atoms with Crippen molar-refractivity contribution in [2.45, 2.75) is 19.8 Å². The second-order valence-electron chi connectivity index (χ2n) is 4.64. The number of benzene rings is 2. The third kappa shape index (κ3) is 4.47. The summed E-state index contributed by atoms with van der Waals surface area (Å²) in [5.74, 6) is 0.619. The van der Waals surface area contributed by atoms with Gasteiger partial charge >= 0.3 is 0 Å². The van der Waals surface area contributed by atoms with Gasteiger partial charge in [-0.05, 0) is 42.8 Å². The molecule has 0 aliphatic heterocycles. The highest BCUT2D eigenvalue weighted by Gasteiger charge is 2.05. The summed E-state index contributed by atoms with van der Waals surface area (Å²) >= 11 is 0. The first-order chi connectivity index (χ1) is 10.3. The molecule has 0 N–H and O–H groups in total. The molecule has 0 aliphatic rings. The van der Waals surface area contributed by atoms with Crippen LogP contribution in [0.3, 0.4) is 0 Å². The van der Waals surface area contributed by atoms with Gasteiger partial charge in [-0.25, -0.2) is 4.99 Å². The maximum absolute atomic E-state index is 8.82. The van der Waals surface area contributed by atoms with E-state index in [9.17, 15) is 0 Å². The number of unbranched alkanes of at least 4 members (excludes halogenated alkanes) is 1. The Morgan fingerprint density at radius 1 is 1.10 bits per heavy atom. The molecule has 0 saturated heterocycles. The van der Waals surface area contributed by atoms with Gasteiger partial charge in [-0.2, -0.15) is 5.26 Å². The van der Waals surface area contributed by atoms with Crippen LogP contribution in [0.15, 0.2) is 59.6 Å². The standard InChI is InChI=1S/C18H18N2O/c1-2-3-13-21-18(16-7-5-4-6-8-16)20-17-11-9-15(14-19)10-12-17/h4-12H,2-3,13H2,1H3. The van der Waals surface area contributed by atoms with Crippen LogP contribution in [0.1, 0.15) is 30.9 Å². The molecule has 3 heteroatoms. The lowest BCUT2D eigenvalue weighted by Crippen LogP contribution is -2.07. The van der Waals surface area contributed by atoms with E-state index in [2.05, 4.69) is 18.0 Å². The number of ether oxygens (including phenoxy) is 1. The average molecular weight is 278 g/mol. The van der Waals surface area contributed by atoms with Gasteiger partial charge in [-0.3, -0.25) is 0 Å². The number of hydrogen-bond donors (Lipinski definition) is 0. The molecule has 0 saturated carbocycles. The Morgan fingerprint density at radius 2 is 1.81 bits per heavy atom. The number of aliphatic imine (C=N–C) groups is 1. The lowest BCUT2D eigenvalue weighted by atomic mass is 10.2. The molecule has 0 bridgehead atoms. The molecule has 0 spiro atoms. The molecule has 0 heterocycles. The van der Waals surface area contributed by atoms with Crippen molar-refractivity contribution in [3.05, 3.63) is 65.7 Å². The zero-order valence-electron chi connectivity index (χ0n) is 12.1. The third-order valence-corrected chi connectivity index (χ3v) is 2.98. The van der Waals surface area contributed by atoms with Gasteiger partial charge in [0.05, 0.1) is 23.9 Å². The summed E-state index contributed by atoms with van der Waals surface area (Å²) in [7, 11) is 0. The van der Waals surface area contributed by atoms with Crippen molar-refractivity contribution < 1.29 is 4.74 Å². The molecule has 0 unspecified atom stereocenters. The SMILES string of the molecule is CCCCOC(=Nc1ccc(C#N)cc1)c1ccccc1. The first kappa shape index (κ1) is 14.8. The van der Waals surface area contributed by atoms with Gasteiger partial charge in [-0.1, -0.05) is 31.5 Å². The van der Waals surface area contributed by atoms with Gasteiger partial charge in [0.25, 0.3) is 0 Å². The number of rotatable bonds is 5. The normalized spacial score (nSPS) is 11.0. The van der Waals surface area contributed by atoms with E-state index < -0.39 is 0 Å². The third-order valence-electron chi connectivity index (χ3n) is 2.98. The molecular formula is C18H18N2O. The second kappa shape index (κ2) is 7.86. The zero-order chi connectivity index (χ0) is 14.9. The van der Waals surface area contributed by atoms with E-state index in [1.165, 1.54) is 0 Å². The lowest BCUT2D eigenvalue weighted by molar-refractivity contribution is 0.298. The van der Waals surface area contributed by atoms with Crippen LogP contribution in [0.25, 0.3) is 0 Å². The summed E-state index contributed by atoms with van der Waals surface area (Å²) in [5.41, 5.74) is 2.37. The summed E-state index contributed by atoms with van der Waals surface area (Å²) in [6, 6.07) is 19.1. The Hall–Kier alpha value is -2.60. The Morgan fingerprint density at radius 3 is 2.43 bits per heavy atom. The highest BCUT2D eigenvalue weighted by Crippen LogP contribution is 2.16. The van der Waals surface area contributed by atoms with Gasteiger partial charge in [0.2, 0.25) is 5.90 Å². The van der Waals surface area contributed by atoms with Crippen molar-refractivity contribution in [1.82, 2.24) is 0 Å². The largest absolute Gasteiger partial charge is 0.477 e. The molecule has 0 fully saturated rings. The van der Waals surface area contributed by atoms with Gasteiger partial charge in [0.1, 0.15) is 0 Å². The lowest BCUT2D eigenvalue weighted by Gasteiger charge is -2.09. The number of hydrogen-bond acceptors (Lipinski definition) is 3. The number of nitriles is 1. The van der Waals surface area contributed by atoms with Crippen molar-refractivity contribution in [3.63, 3.8) is 0 Å². The molecule has 0 amide bonds. The molecule has 0 atom stereocenters. The first-order valence-corrected chi connectivity index (χ1v) is 7.10. The molecule has 0 radical (unpaired) electrons. The van der Waals surface area contributed by atoms with Crippen LogP contribution in [0.4, 0.5) is 5.69 Å². The highest BCUT2D eigenvalue weighted by atomic mass is 16.5. The van der Waals surface area contributed by atoms with E-state index >= 15 is 0 Å². The second-order valence-corrected chi connectivity index (χ2v) is 4.64. The monoisotopic (exact) mass is 278 g/mol. The first-order valence-electron chi connectivity index (χ1n) is 7.10. The molecule has 0 aromatic heterocycles. The van der Waals surface area contributed by atoms with Crippen LogP contribution >= 0.6 is 0 Å². The topological polar surface area (TPSA) is 45.4 Å². The van der Waals surface area contributed by atoms with E-state index in [4.69, 9.17) is 10.00 Å². The van der Waals surface area contributed by atoms with Crippen LogP contribution in [0.5, 0.6) is 0 Å². The van der Waals surface area contributed by atoms with Gasteiger partial charge in [0, 0.05) is 5.56 Å². The summed E-state index contributed by atoms with van der Waals surface area (Å²) in [6.07, 6.45) is 2.08. The predicted octanol–water partition coefficient (Wildman–Crippen LogP) is 4.45. The fourth-order valence-corrected chi connectivity index (χ4v) is 1.80. The van der Waals surface area contributed by atoms with Crippen LogP contribution in [-0.2, 0) is 4.74 Å². The summed E-state index contributed by atoms with van der Waals surface area (Å²) in [6.45, 7) is 2.78. The van der Waals surface area contributed by atoms with Crippen LogP contribution < -0.4 is 0 Å². The van der Waals surface area contributed by atoms with Crippen molar-refractivity contribution in [2.24, 2.45) is 4.99 Å². The molecule has 106 valence electrons. The van der Waals surface area contributed by atoms with Crippen LogP contribution in [-0.4, -0.2) is 12.5 Å². The predicted molar refractivity (Wildman–Crippen MR) is 84.7 cm³/mol. The zero-order valence-corrected chi connectivity index (χ0v) is 12.1. The van der Waals surface area contributed by atoms with E-state index in [0.29, 0.717) is 18.1 Å². The Labute approximate surface area is 125 Å². The summed E-state index contributed by atoms with van der Waals surface area (Å²) in [5, 5.41) is 8.82. The molecule has 2 aromatic carbocycles. The van der Waals surface area contributed by atoms with Crippen LogP contribution in [0.2, 0.25) is 0 Å². The average Bonchev–Trinajstić information content (AvgIpc) is 2.55. The van der Waals surface area contributed by atoms with Crippen molar-refractivity contribution in [2.75, 3.05) is 6.61 Å². The van der Waals surface area contributed by atoms with Crippen molar-refractivity contribution in [3.8, 4) is 6.07 Å².